The fraction of sp³-hybridized carbons (Fsp3) is 0.536. The number of likely N-dealkylation sites (tertiary alicyclic amines) is 1. The second-order valence-electron chi connectivity index (χ2n) is 11.1. The molecule has 2 N–H and O–H groups in total. The number of aromatic nitrogens is 1. The molecule has 1 aromatic heterocycles. The summed E-state index contributed by atoms with van der Waals surface area (Å²) in [5, 5.41) is 13.6. The van der Waals surface area contributed by atoms with E-state index in [0.29, 0.717) is 37.9 Å². The molecule has 2 fully saturated rings. The number of piperidine rings is 1. The number of nitrogens with zero attached hydrogens (tertiary/aromatic N) is 3. The van der Waals surface area contributed by atoms with E-state index in [1.807, 2.05) is 32.9 Å². The molecular formula is C28H36N4O5. The van der Waals surface area contributed by atoms with E-state index in [9.17, 15) is 14.7 Å². The zero-order valence-corrected chi connectivity index (χ0v) is 21.8. The van der Waals surface area contributed by atoms with E-state index in [4.69, 9.17) is 9.47 Å². The molecule has 9 nitrogen and oxygen atoms in total. The Bertz CT molecular complexity index is 1170. The molecule has 1 amide bonds. The van der Waals surface area contributed by atoms with Crippen LogP contribution in [0.3, 0.4) is 0 Å². The molecule has 0 saturated carbocycles. The van der Waals surface area contributed by atoms with Crippen molar-refractivity contribution in [3.05, 3.63) is 53.3 Å². The predicted molar refractivity (Wildman–Crippen MR) is 140 cm³/mol. The molecular weight excluding hydrogens is 472 g/mol. The smallest absolute Gasteiger partial charge is 0.410 e. The zero-order valence-electron chi connectivity index (χ0n) is 21.8. The van der Waals surface area contributed by atoms with Gasteiger partial charge in [-0.2, -0.15) is 0 Å². The summed E-state index contributed by atoms with van der Waals surface area (Å²) in [4.78, 5) is 33.2. The Morgan fingerprint density at radius 1 is 1.11 bits per heavy atom. The normalized spacial score (nSPS) is 22.0. The van der Waals surface area contributed by atoms with Crippen LogP contribution in [-0.4, -0.2) is 64.9 Å². The first-order valence-corrected chi connectivity index (χ1v) is 13.1. The van der Waals surface area contributed by atoms with Crippen molar-refractivity contribution in [1.82, 2.24) is 9.88 Å². The maximum absolute atomic E-state index is 12.6. The lowest BCUT2D eigenvalue weighted by atomic mass is 9.94. The van der Waals surface area contributed by atoms with Crippen molar-refractivity contribution in [3.8, 4) is 0 Å². The van der Waals surface area contributed by atoms with E-state index in [2.05, 4.69) is 21.3 Å². The minimum absolute atomic E-state index is 0.169. The predicted octanol–water partition coefficient (Wildman–Crippen LogP) is 4.62. The van der Waals surface area contributed by atoms with Gasteiger partial charge in [0.1, 0.15) is 5.60 Å². The van der Waals surface area contributed by atoms with Crippen molar-refractivity contribution in [2.24, 2.45) is 0 Å². The minimum Gasteiger partial charge on any atom is -0.478 e. The molecule has 1 aromatic carbocycles. The van der Waals surface area contributed by atoms with Crippen LogP contribution in [0.2, 0.25) is 0 Å². The molecule has 3 aliphatic heterocycles. The van der Waals surface area contributed by atoms with Gasteiger partial charge in [-0.1, -0.05) is 6.07 Å². The van der Waals surface area contributed by atoms with E-state index in [0.717, 1.165) is 24.3 Å². The topological polar surface area (TPSA) is 104 Å². The molecule has 2 aromatic rings. The number of ether oxygens (including phenoxy) is 2. The molecule has 4 heterocycles. The largest absolute Gasteiger partial charge is 0.478 e. The average molecular weight is 509 g/mol. The monoisotopic (exact) mass is 508 g/mol. The number of nitrogens with one attached hydrogen (secondary N) is 1. The number of carbonyl (C=O) groups excluding carboxylic acids is 1. The summed E-state index contributed by atoms with van der Waals surface area (Å²) in [6.07, 6.45) is 6.70. The molecule has 37 heavy (non-hydrogen) atoms. The van der Waals surface area contributed by atoms with Crippen molar-refractivity contribution in [3.63, 3.8) is 0 Å². The van der Waals surface area contributed by atoms with Crippen molar-refractivity contribution in [1.29, 1.82) is 0 Å². The van der Waals surface area contributed by atoms with Crippen LogP contribution in [-0.2, 0) is 21.6 Å². The van der Waals surface area contributed by atoms with E-state index < -0.39 is 17.3 Å². The van der Waals surface area contributed by atoms with Crippen LogP contribution >= 0.6 is 0 Å². The van der Waals surface area contributed by atoms with Gasteiger partial charge < -0.3 is 29.7 Å². The van der Waals surface area contributed by atoms with Crippen LogP contribution < -0.4 is 10.2 Å². The highest BCUT2D eigenvalue weighted by molar-refractivity contribution is 5.90. The molecule has 5 rings (SSSR count). The van der Waals surface area contributed by atoms with Gasteiger partial charge in [0.05, 0.1) is 11.7 Å². The summed E-state index contributed by atoms with van der Waals surface area (Å²) in [5.41, 5.74) is 2.33. The molecule has 0 spiro atoms. The number of pyridine rings is 1. The highest BCUT2D eigenvalue weighted by atomic mass is 16.6. The Balaban J connectivity index is 1.42. The van der Waals surface area contributed by atoms with E-state index in [1.165, 1.54) is 30.8 Å². The van der Waals surface area contributed by atoms with Gasteiger partial charge in [-0.3, -0.25) is 4.98 Å². The Kier molecular flexibility index (Phi) is 6.74. The molecule has 0 radical (unpaired) electrons. The Morgan fingerprint density at radius 2 is 1.84 bits per heavy atom. The van der Waals surface area contributed by atoms with E-state index in [1.54, 1.807) is 11.1 Å². The number of carboxylic acid groups (broad SMARTS) is 1. The lowest BCUT2D eigenvalue weighted by molar-refractivity contribution is -0.0977. The quantitative estimate of drug-likeness (QED) is 0.603. The van der Waals surface area contributed by atoms with Crippen molar-refractivity contribution >= 4 is 23.4 Å². The van der Waals surface area contributed by atoms with E-state index >= 15 is 0 Å². The number of benzene rings is 1. The zero-order chi connectivity index (χ0) is 26.2. The number of carbonyl (C=O) groups is 2. The van der Waals surface area contributed by atoms with Gasteiger partial charge in [-0.25, -0.2) is 9.59 Å². The van der Waals surface area contributed by atoms with Gasteiger partial charge in [0, 0.05) is 67.5 Å². The summed E-state index contributed by atoms with van der Waals surface area (Å²) < 4.78 is 12.4. The lowest BCUT2D eigenvalue weighted by Gasteiger charge is -2.39. The summed E-state index contributed by atoms with van der Waals surface area (Å²) in [6.45, 7) is 8.64. The average Bonchev–Trinajstić information content (AvgIpc) is 3.52. The van der Waals surface area contributed by atoms with Crippen molar-refractivity contribution in [2.45, 2.75) is 70.3 Å². The number of hydrogen-bond donors (Lipinski definition) is 2. The fourth-order valence-electron chi connectivity index (χ4n) is 5.61. The van der Waals surface area contributed by atoms with Gasteiger partial charge in [0.25, 0.3) is 0 Å². The number of carboxylic acids is 1. The third-order valence-electron chi connectivity index (χ3n) is 7.31. The maximum Gasteiger partial charge on any atom is 0.410 e. The van der Waals surface area contributed by atoms with Crippen LogP contribution in [0.25, 0.3) is 0 Å². The van der Waals surface area contributed by atoms with Crippen LogP contribution in [0.15, 0.2) is 36.7 Å². The van der Waals surface area contributed by atoms with Gasteiger partial charge in [-0.05, 0) is 64.7 Å². The second-order valence-corrected chi connectivity index (χ2v) is 11.1. The lowest BCUT2D eigenvalue weighted by Crippen LogP contribution is -2.47. The third-order valence-corrected chi connectivity index (χ3v) is 7.31. The minimum atomic E-state index is -1.07. The van der Waals surface area contributed by atoms with Gasteiger partial charge >= 0.3 is 12.1 Å². The van der Waals surface area contributed by atoms with Crippen LogP contribution in [0.5, 0.6) is 0 Å². The Labute approximate surface area is 217 Å². The van der Waals surface area contributed by atoms with E-state index in [-0.39, 0.29) is 17.8 Å². The summed E-state index contributed by atoms with van der Waals surface area (Å²) in [6, 6.07) is 7.74. The molecule has 3 aliphatic rings. The highest BCUT2D eigenvalue weighted by Crippen LogP contribution is 2.46. The molecule has 198 valence electrons. The van der Waals surface area contributed by atoms with Crippen molar-refractivity contribution in [2.75, 3.05) is 36.4 Å². The number of hydrogen-bond acceptors (Lipinski definition) is 7. The third kappa shape index (κ3) is 5.23. The summed E-state index contributed by atoms with van der Waals surface area (Å²) in [5.74, 6) is -1.02. The second kappa shape index (κ2) is 9.85. The molecule has 1 atom stereocenters. The Morgan fingerprint density at radius 3 is 2.51 bits per heavy atom. The first-order chi connectivity index (χ1) is 17.7. The van der Waals surface area contributed by atoms with Crippen LogP contribution in [0.4, 0.5) is 16.2 Å². The number of rotatable bonds is 5. The standard InChI is InChI=1S/C28H36N4O5/c1-27(2,3)37-26(35)32-15-10-19(11-16-32)36-28(22-18-29-12-9-20(22)25(33)34)17-21-23(30-28)7-6-8-24(21)31-13-4-5-14-31/h6-9,12,18-19,30H,4-5,10-11,13-17H2,1-3H3,(H,33,34). The summed E-state index contributed by atoms with van der Waals surface area (Å²) in [7, 11) is 0. The van der Waals surface area contributed by atoms with Crippen molar-refractivity contribution < 1.29 is 24.2 Å². The Hall–Kier alpha value is -3.33. The SMILES string of the molecule is CC(C)(C)OC(=O)N1CCC(OC2(c3cnccc3C(=O)O)Cc3c(cccc3N3CCCC3)N2)CC1. The first kappa shape index (κ1) is 25.3. The molecule has 2 saturated heterocycles. The van der Waals surface area contributed by atoms with Gasteiger partial charge in [0.2, 0.25) is 0 Å². The van der Waals surface area contributed by atoms with Gasteiger partial charge in [0.15, 0.2) is 5.72 Å². The molecule has 9 heteroatoms. The first-order valence-electron chi connectivity index (χ1n) is 13.1. The number of anilines is 2. The maximum atomic E-state index is 12.6. The molecule has 0 bridgehead atoms. The molecule has 0 aliphatic carbocycles. The number of aromatic carboxylic acids is 1. The van der Waals surface area contributed by atoms with Crippen LogP contribution in [0.1, 0.15) is 67.9 Å². The number of fused-ring (bicyclic) bond motifs is 1. The summed E-state index contributed by atoms with van der Waals surface area (Å²) >= 11 is 0. The fourth-order valence-corrected chi connectivity index (χ4v) is 5.61. The van der Waals surface area contributed by atoms with Crippen LogP contribution in [0, 0.1) is 0 Å². The molecule has 1 unspecified atom stereocenters. The van der Waals surface area contributed by atoms with Gasteiger partial charge in [-0.15, -0.1) is 0 Å². The number of amides is 1. The highest BCUT2D eigenvalue weighted by Gasteiger charge is 2.46.